The molecule has 2 spiro atoms. The molecular weight excluding hydrogens is 368 g/mol. The molecular formula is C27H32N2O. The van der Waals surface area contributed by atoms with E-state index >= 15 is 0 Å². The Bertz CT molecular complexity index is 1020. The Balaban J connectivity index is 1.26. The van der Waals surface area contributed by atoms with E-state index in [1.165, 1.54) is 36.1 Å². The third-order valence-electron chi connectivity index (χ3n) is 9.93. The van der Waals surface area contributed by atoms with Gasteiger partial charge in [0.25, 0.3) is 0 Å². The van der Waals surface area contributed by atoms with E-state index in [1.54, 1.807) is 0 Å². The highest BCUT2D eigenvalue weighted by molar-refractivity contribution is 5.51. The van der Waals surface area contributed by atoms with E-state index in [0.717, 1.165) is 31.5 Å². The van der Waals surface area contributed by atoms with Gasteiger partial charge in [-0.1, -0.05) is 61.9 Å². The molecule has 0 N–H and O–H groups in total. The summed E-state index contributed by atoms with van der Waals surface area (Å²) in [5, 5.41) is 2.38. The van der Waals surface area contributed by atoms with Crippen LogP contribution in [0.25, 0.3) is 0 Å². The van der Waals surface area contributed by atoms with Gasteiger partial charge in [-0.05, 0) is 66.5 Å². The Kier molecular flexibility index (Phi) is 3.15. The van der Waals surface area contributed by atoms with Gasteiger partial charge in [-0.3, -0.25) is 4.84 Å². The fourth-order valence-electron chi connectivity index (χ4n) is 8.29. The van der Waals surface area contributed by atoms with Crippen LogP contribution in [-0.2, 0) is 10.4 Å². The van der Waals surface area contributed by atoms with Crippen LogP contribution in [0.1, 0.15) is 50.7 Å². The number of anilines is 1. The predicted molar refractivity (Wildman–Crippen MR) is 119 cm³/mol. The Labute approximate surface area is 180 Å². The van der Waals surface area contributed by atoms with Crippen molar-refractivity contribution >= 4 is 5.69 Å². The molecule has 30 heavy (non-hydrogen) atoms. The van der Waals surface area contributed by atoms with Gasteiger partial charge in [0.05, 0.1) is 17.8 Å². The van der Waals surface area contributed by atoms with Crippen LogP contribution in [0.5, 0.6) is 0 Å². The molecule has 2 aromatic rings. The smallest absolute Gasteiger partial charge is 0.0958 e. The van der Waals surface area contributed by atoms with Crippen molar-refractivity contribution in [1.29, 1.82) is 0 Å². The molecule has 2 saturated heterocycles. The zero-order valence-corrected chi connectivity index (χ0v) is 18.4. The minimum Gasteiger partial charge on any atom is -0.354 e. The van der Waals surface area contributed by atoms with Crippen molar-refractivity contribution in [3.8, 4) is 0 Å². The summed E-state index contributed by atoms with van der Waals surface area (Å²) in [6, 6.07) is 20.1. The lowest BCUT2D eigenvalue weighted by molar-refractivity contribution is -0.223. The Hall–Kier alpha value is -1.84. The average Bonchev–Trinajstić information content (AvgIpc) is 3.49. The van der Waals surface area contributed by atoms with Gasteiger partial charge in [0.1, 0.15) is 0 Å². The third-order valence-corrected chi connectivity index (χ3v) is 9.93. The minimum absolute atomic E-state index is 0.0399. The lowest BCUT2D eigenvalue weighted by Gasteiger charge is -2.34. The minimum atomic E-state index is -0.0399. The predicted octanol–water partition coefficient (Wildman–Crippen LogP) is 5.50. The molecule has 5 atom stereocenters. The highest BCUT2D eigenvalue weighted by Crippen LogP contribution is 2.91. The number of aryl methyl sites for hydroxylation is 1. The molecule has 0 amide bonds. The standard InChI is InChI=1S/C27H32N2O/c1-19-9-11-21(12-10-19)28-17-25(20-7-5-4-6-8-20)16-26(30-29(25)18-28)14-13-22-24(2,3)27(22)15-23(26)27/h4-12,22-23H,13-18H2,1-3H3/t22-,23-,25-,26+,27-/m0/s1. The van der Waals surface area contributed by atoms with Gasteiger partial charge < -0.3 is 4.90 Å². The van der Waals surface area contributed by atoms with Crippen LogP contribution in [0.2, 0.25) is 0 Å². The molecule has 0 aromatic heterocycles. The average molecular weight is 401 g/mol. The second kappa shape index (κ2) is 5.31. The van der Waals surface area contributed by atoms with Crippen molar-refractivity contribution in [3.63, 3.8) is 0 Å². The number of hydrogen-bond acceptors (Lipinski definition) is 3. The van der Waals surface area contributed by atoms with E-state index in [-0.39, 0.29) is 11.1 Å². The molecule has 3 nitrogen and oxygen atoms in total. The molecule has 0 bridgehead atoms. The summed E-state index contributed by atoms with van der Waals surface area (Å²) in [6.07, 6.45) is 5.12. The summed E-state index contributed by atoms with van der Waals surface area (Å²) in [7, 11) is 0. The Morgan fingerprint density at radius 1 is 0.967 bits per heavy atom. The molecule has 5 aliphatic rings. The highest BCUT2D eigenvalue weighted by atomic mass is 16.7. The summed E-state index contributed by atoms with van der Waals surface area (Å²) in [6.45, 7) is 9.05. The highest BCUT2D eigenvalue weighted by Gasteiger charge is 2.88. The maximum absolute atomic E-state index is 7.08. The summed E-state index contributed by atoms with van der Waals surface area (Å²) >= 11 is 0. The second-order valence-corrected chi connectivity index (χ2v) is 11.4. The lowest BCUT2D eigenvalue weighted by Crippen LogP contribution is -2.40. The maximum atomic E-state index is 7.08. The molecule has 2 aromatic carbocycles. The SMILES string of the molecule is Cc1ccc(N2CN3O[C@]4(CC[C@H]5C(C)(C)[C@@]56C[C@@H]46)C[C@@]3(c3ccccc3)C2)cc1. The molecule has 7 rings (SSSR count). The van der Waals surface area contributed by atoms with Crippen LogP contribution in [0.3, 0.4) is 0 Å². The van der Waals surface area contributed by atoms with Crippen LogP contribution in [-0.4, -0.2) is 23.9 Å². The number of nitrogens with zero attached hydrogens (tertiary/aromatic N) is 2. The Morgan fingerprint density at radius 3 is 2.50 bits per heavy atom. The van der Waals surface area contributed by atoms with Crippen molar-refractivity contribution in [3.05, 3.63) is 65.7 Å². The summed E-state index contributed by atoms with van der Waals surface area (Å²) in [5.74, 6) is 1.70. The number of rotatable bonds is 2. The van der Waals surface area contributed by atoms with Crippen LogP contribution in [0.15, 0.2) is 54.6 Å². The topological polar surface area (TPSA) is 15.7 Å². The molecule has 0 radical (unpaired) electrons. The van der Waals surface area contributed by atoms with Gasteiger partial charge in [0.2, 0.25) is 0 Å². The molecule has 0 unspecified atom stereocenters. The normalized spacial score (nSPS) is 42.7. The second-order valence-electron chi connectivity index (χ2n) is 11.4. The zero-order chi connectivity index (χ0) is 20.4. The number of benzene rings is 2. The van der Waals surface area contributed by atoms with Gasteiger partial charge in [-0.15, -0.1) is 0 Å². The van der Waals surface area contributed by atoms with Crippen molar-refractivity contribution in [2.24, 2.45) is 22.7 Å². The largest absolute Gasteiger partial charge is 0.354 e. The fourth-order valence-corrected chi connectivity index (χ4v) is 8.29. The van der Waals surface area contributed by atoms with Crippen molar-refractivity contribution in [1.82, 2.24) is 5.06 Å². The van der Waals surface area contributed by atoms with Crippen molar-refractivity contribution in [2.75, 3.05) is 18.1 Å². The quantitative estimate of drug-likeness (QED) is 0.662. The van der Waals surface area contributed by atoms with Crippen LogP contribution >= 0.6 is 0 Å². The van der Waals surface area contributed by atoms with Crippen molar-refractivity contribution in [2.45, 2.75) is 57.6 Å². The van der Waals surface area contributed by atoms with Crippen LogP contribution < -0.4 is 4.90 Å². The first-order valence-electron chi connectivity index (χ1n) is 11.8. The first kappa shape index (κ1) is 17.8. The zero-order valence-electron chi connectivity index (χ0n) is 18.4. The molecule has 156 valence electrons. The van der Waals surface area contributed by atoms with E-state index in [2.05, 4.69) is 85.3 Å². The van der Waals surface area contributed by atoms with Crippen LogP contribution in [0, 0.1) is 29.6 Å². The van der Waals surface area contributed by atoms with E-state index in [4.69, 9.17) is 4.84 Å². The molecule has 3 aliphatic carbocycles. The summed E-state index contributed by atoms with van der Waals surface area (Å²) in [4.78, 5) is 9.59. The third kappa shape index (κ3) is 1.95. The van der Waals surface area contributed by atoms with Gasteiger partial charge in [-0.2, -0.15) is 5.06 Å². The molecule has 5 fully saturated rings. The molecule has 3 heteroatoms. The number of hydroxylamine groups is 2. The monoisotopic (exact) mass is 400 g/mol. The molecule has 3 saturated carbocycles. The molecule has 2 aliphatic heterocycles. The van der Waals surface area contributed by atoms with Gasteiger partial charge >= 0.3 is 0 Å². The summed E-state index contributed by atoms with van der Waals surface area (Å²) in [5.41, 5.74) is 5.18. The fraction of sp³-hybridized carbons (Fsp3) is 0.556. The lowest BCUT2D eigenvalue weighted by atomic mass is 9.74. The van der Waals surface area contributed by atoms with Gasteiger partial charge in [-0.25, -0.2) is 0 Å². The first-order valence-corrected chi connectivity index (χ1v) is 11.8. The van der Waals surface area contributed by atoms with E-state index in [9.17, 15) is 0 Å². The first-order chi connectivity index (χ1) is 14.4. The van der Waals surface area contributed by atoms with E-state index in [0.29, 0.717) is 10.8 Å². The maximum Gasteiger partial charge on any atom is 0.0958 e. The Morgan fingerprint density at radius 2 is 1.73 bits per heavy atom. The van der Waals surface area contributed by atoms with Gasteiger partial charge in [0, 0.05) is 18.7 Å². The van der Waals surface area contributed by atoms with Crippen molar-refractivity contribution < 1.29 is 4.84 Å². The number of fused-ring (bicyclic) bond motifs is 2. The van der Waals surface area contributed by atoms with Crippen LogP contribution in [0.4, 0.5) is 5.69 Å². The molecule has 2 heterocycles. The number of hydrogen-bond donors (Lipinski definition) is 0. The summed E-state index contributed by atoms with van der Waals surface area (Å²) < 4.78 is 0. The van der Waals surface area contributed by atoms with E-state index in [1.807, 2.05) is 0 Å². The van der Waals surface area contributed by atoms with Gasteiger partial charge in [0.15, 0.2) is 0 Å². The van der Waals surface area contributed by atoms with E-state index < -0.39 is 0 Å².